The number of aryl methyl sites for hydroxylation is 1. The molecule has 2 heterocycles. The monoisotopic (exact) mass is 258 g/mol. The maximum absolute atomic E-state index is 5.70. The lowest BCUT2D eigenvalue weighted by atomic mass is 10.1. The highest BCUT2D eigenvalue weighted by atomic mass is 32.1. The van der Waals surface area contributed by atoms with Crippen molar-refractivity contribution in [3.63, 3.8) is 0 Å². The average Bonchev–Trinajstić information content (AvgIpc) is 2.97. The second-order valence-electron chi connectivity index (χ2n) is 4.17. The van der Waals surface area contributed by atoms with Gasteiger partial charge in [-0.25, -0.2) is 5.43 Å². The van der Waals surface area contributed by atoms with Gasteiger partial charge in [-0.2, -0.15) is 5.10 Å². The van der Waals surface area contributed by atoms with E-state index in [4.69, 9.17) is 5.84 Å². The van der Waals surface area contributed by atoms with Crippen LogP contribution >= 0.6 is 11.3 Å². The van der Waals surface area contributed by atoms with Crippen molar-refractivity contribution < 1.29 is 0 Å². The predicted octanol–water partition coefficient (Wildman–Crippen LogP) is 2.19. The van der Waals surface area contributed by atoms with Crippen LogP contribution in [-0.2, 0) is 7.05 Å². The van der Waals surface area contributed by atoms with Crippen LogP contribution in [0.5, 0.6) is 0 Å². The highest BCUT2D eigenvalue weighted by molar-refractivity contribution is 7.19. The van der Waals surface area contributed by atoms with Gasteiger partial charge in [-0.15, -0.1) is 11.3 Å². The van der Waals surface area contributed by atoms with Gasteiger partial charge in [0.05, 0.1) is 11.7 Å². The number of rotatable bonds is 3. The van der Waals surface area contributed by atoms with E-state index in [9.17, 15) is 0 Å². The minimum absolute atomic E-state index is 0.0186. The fourth-order valence-electron chi connectivity index (χ4n) is 2.13. The predicted molar refractivity (Wildman–Crippen MR) is 74.2 cm³/mol. The fraction of sp³-hybridized carbons (Fsp3) is 0.154. The molecule has 0 spiro atoms. The smallest absolute Gasteiger partial charge is 0.0970 e. The average molecular weight is 258 g/mol. The summed E-state index contributed by atoms with van der Waals surface area (Å²) in [6.45, 7) is 0. The first-order chi connectivity index (χ1) is 8.79. The van der Waals surface area contributed by atoms with Gasteiger partial charge in [-0.3, -0.25) is 10.5 Å². The van der Waals surface area contributed by atoms with Crippen LogP contribution in [-0.4, -0.2) is 9.78 Å². The van der Waals surface area contributed by atoms with Crippen molar-refractivity contribution in [3.05, 3.63) is 53.2 Å². The number of hydrogen-bond donors (Lipinski definition) is 2. The molecule has 0 saturated carbocycles. The number of nitrogens with one attached hydrogen (secondary N) is 1. The third kappa shape index (κ3) is 1.82. The van der Waals surface area contributed by atoms with Crippen LogP contribution in [0.1, 0.15) is 16.6 Å². The summed E-state index contributed by atoms with van der Waals surface area (Å²) >= 11 is 1.75. The second kappa shape index (κ2) is 4.53. The van der Waals surface area contributed by atoms with Gasteiger partial charge in [0.1, 0.15) is 0 Å². The van der Waals surface area contributed by atoms with Crippen LogP contribution in [0.25, 0.3) is 10.1 Å². The van der Waals surface area contributed by atoms with Crippen molar-refractivity contribution in [3.8, 4) is 0 Å². The van der Waals surface area contributed by atoms with Crippen LogP contribution in [0.3, 0.4) is 0 Å². The summed E-state index contributed by atoms with van der Waals surface area (Å²) in [5, 5.41) is 5.44. The third-order valence-electron chi connectivity index (χ3n) is 3.05. The largest absolute Gasteiger partial charge is 0.271 e. The van der Waals surface area contributed by atoms with Crippen LogP contribution in [0, 0.1) is 0 Å². The maximum Gasteiger partial charge on any atom is 0.0970 e. The lowest BCUT2D eigenvalue weighted by Gasteiger charge is -2.14. The number of hydrazine groups is 1. The summed E-state index contributed by atoms with van der Waals surface area (Å²) in [4.78, 5) is 1.20. The Bertz CT molecular complexity index is 637. The van der Waals surface area contributed by atoms with E-state index in [1.54, 1.807) is 17.5 Å². The molecule has 0 fully saturated rings. The zero-order chi connectivity index (χ0) is 12.5. The molecule has 0 aliphatic rings. The molecule has 1 aromatic carbocycles. The van der Waals surface area contributed by atoms with Crippen molar-refractivity contribution in [1.82, 2.24) is 15.2 Å². The summed E-state index contributed by atoms with van der Waals surface area (Å²) in [7, 11) is 1.92. The SMILES string of the molecule is Cn1nccc1C(NN)c1cc2ccccc2s1. The minimum atomic E-state index is -0.0186. The van der Waals surface area contributed by atoms with E-state index < -0.39 is 0 Å². The van der Waals surface area contributed by atoms with Crippen molar-refractivity contribution in [2.45, 2.75) is 6.04 Å². The molecular formula is C13H14N4S. The highest BCUT2D eigenvalue weighted by Gasteiger charge is 2.18. The third-order valence-corrected chi connectivity index (χ3v) is 4.23. The molecule has 2 aromatic heterocycles. The van der Waals surface area contributed by atoms with Crippen molar-refractivity contribution in [1.29, 1.82) is 0 Å². The molecule has 0 saturated heterocycles. The number of aromatic nitrogens is 2. The number of nitrogens with zero attached hydrogens (tertiary/aromatic N) is 2. The summed E-state index contributed by atoms with van der Waals surface area (Å²) < 4.78 is 3.12. The van der Waals surface area contributed by atoms with Gasteiger partial charge in [0, 0.05) is 22.8 Å². The molecular weight excluding hydrogens is 244 g/mol. The lowest BCUT2D eigenvalue weighted by Crippen LogP contribution is -2.29. The molecule has 4 nitrogen and oxygen atoms in total. The van der Waals surface area contributed by atoms with E-state index >= 15 is 0 Å². The topological polar surface area (TPSA) is 55.9 Å². The van der Waals surface area contributed by atoms with E-state index in [0.29, 0.717) is 0 Å². The Labute approximate surface area is 109 Å². The number of thiophene rings is 1. The molecule has 0 bridgehead atoms. The summed E-state index contributed by atoms with van der Waals surface area (Å²) in [6.07, 6.45) is 1.78. The lowest BCUT2D eigenvalue weighted by molar-refractivity contribution is 0.582. The van der Waals surface area contributed by atoms with Gasteiger partial charge in [0.25, 0.3) is 0 Å². The number of benzene rings is 1. The van der Waals surface area contributed by atoms with Crippen LogP contribution in [0.2, 0.25) is 0 Å². The Hall–Kier alpha value is -1.69. The molecule has 3 rings (SSSR count). The quantitative estimate of drug-likeness (QED) is 0.559. The first-order valence-electron chi connectivity index (χ1n) is 5.72. The van der Waals surface area contributed by atoms with Crippen molar-refractivity contribution >= 4 is 21.4 Å². The van der Waals surface area contributed by atoms with Crippen molar-refractivity contribution in [2.75, 3.05) is 0 Å². The first kappa shape index (κ1) is 11.4. The Balaban J connectivity index is 2.09. The zero-order valence-electron chi connectivity index (χ0n) is 10.00. The highest BCUT2D eigenvalue weighted by Crippen LogP contribution is 2.32. The molecule has 0 amide bonds. The van der Waals surface area contributed by atoms with Gasteiger partial charge >= 0.3 is 0 Å². The summed E-state index contributed by atoms with van der Waals surface area (Å²) in [6, 6.07) is 12.5. The van der Waals surface area contributed by atoms with Crippen LogP contribution in [0.4, 0.5) is 0 Å². The van der Waals surface area contributed by atoms with Gasteiger partial charge in [-0.05, 0) is 23.6 Å². The number of hydrogen-bond acceptors (Lipinski definition) is 4. The second-order valence-corrected chi connectivity index (χ2v) is 5.28. The molecule has 1 unspecified atom stereocenters. The maximum atomic E-state index is 5.70. The Morgan fingerprint density at radius 3 is 2.83 bits per heavy atom. The molecule has 92 valence electrons. The molecule has 5 heteroatoms. The molecule has 18 heavy (non-hydrogen) atoms. The van der Waals surface area contributed by atoms with E-state index in [-0.39, 0.29) is 6.04 Å². The number of nitrogens with two attached hydrogens (primary N) is 1. The van der Waals surface area contributed by atoms with Crippen LogP contribution < -0.4 is 11.3 Å². The summed E-state index contributed by atoms with van der Waals surface area (Å²) in [5.74, 6) is 5.70. The normalized spacial score (nSPS) is 13.0. The van der Waals surface area contributed by atoms with E-state index in [1.165, 1.54) is 15.0 Å². The molecule has 0 aliphatic carbocycles. The van der Waals surface area contributed by atoms with Gasteiger partial charge in [0.2, 0.25) is 0 Å². The molecule has 3 N–H and O–H groups in total. The Morgan fingerprint density at radius 2 is 2.17 bits per heavy atom. The minimum Gasteiger partial charge on any atom is -0.271 e. The standard InChI is InChI=1S/C13H14N4S/c1-17-10(6-7-15-17)13(16-14)12-8-9-4-2-3-5-11(9)18-12/h2-8,13,16H,14H2,1H3. The van der Waals surface area contributed by atoms with Gasteiger partial charge < -0.3 is 0 Å². The fourth-order valence-corrected chi connectivity index (χ4v) is 3.26. The Kier molecular flexibility index (Phi) is 2.87. The first-order valence-corrected chi connectivity index (χ1v) is 6.54. The Morgan fingerprint density at radius 1 is 1.33 bits per heavy atom. The van der Waals surface area contributed by atoms with E-state index in [1.807, 2.05) is 23.9 Å². The van der Waals surface area contributed by atoms with E-state index in [0.717, 1.165) is 5.69 Å². The number of fused-ring (bicyclic) bond motifs is 1. The molecule has 0 aliphatic heterocycles. The van der Waals surface area contributed by atoms with Gasteiger partial charge in [-0.1, -0.05) is 18.2 Å². The van der Waals surface area contributed by atoms with Gasteiger partial charge in [0.15, 0.2) is 0 Å². The molecule has 0 radical (unpaired) electrons. The molecule has 1 atom stereocenters. The summed E-state index contributed by atoms with van der Waals surface area (Å²) in [5.41, 5.74) is 3.93. The zero-order valence-corrected chi connectivity index (χ0v) is 10.8. The van der Waals surface area contributed by atoms with Crippen molar-refractivity contribution in [2.24, 2.45) is 12.9 Å². The van der Waals surface area contributed by atoms with Crippen LogP contribution in [0.15, 0.2) is 42.6 Å². The molecule has 3 aromatic rings. The van der Waals surface area contributed by atoms with E-state index in [2.05, 4.69) is 34.8 Å².